The molecule has 0 saturated heterocycles. The zero-order chi connectivity index (χ0) is 31.2. The molecular weight excluding hydrogens is 528 g/mol. The van der Waals surface area contributed by atoms with Gasteiger partial charge in [0.25, 0.3) is 0 Å². The van der Waals surface area contributed by atoms with Gasteiger partial charge in [0, 0.05) is 0 Å². The third-order valence-electron chi connectivity index (χ3n) is 8.68. The third kappa shape index (κ3) is 23.3. The molecule has 0 amide bonds. The van der Waals surface area contributed by atoms with Gasteiger partial charge in [-0.15, -0.1) is 0 Å². The van der Waals surface area contributed by atoms with Crippen molar-refractivity contribution in [2.45, 2.75) is 212 Å². The molecule has 0 radical (unpaired) electrons. The zero-order valence-corrected chi connectivity index (χ0v) is 27.9. The summed E-state index contributed by atoms with van der Waals surface area (Å²) in [6, 6.07) is 0. The summed E-state index contributed by atoms with van der Waals surface area (Å²) in [4.78, 5) is 24.0. The first-order chi connectivity index (χ1) is 20.4. The van der Waals surface area contributed by atoms with Crippen molar-refractivity contribution in [1.29, 1.82) is 0 Å². The number of hydrogen-bond donors (Lipinski definition) is 3. The lowest BCUT2D eigenvalue weighted by atomic mass is 9.89. The van der Waals surface area contributed by atoms with Crippen LogP contribution in [0.1, 0.15) is 200 Å². The van der Waals surface area contributed by atoms with Gasteiger partial charge in [0.1, 0.15) is 0 Å². The van der Waals surface area contributed by atoms with Gasteiger partial charge in [-0.25, -0.2) is 9.59 Å². The van der Waals surface area contributed by atoms with Crippen LogP contribution in [-0.4, -0.2) is 45.6 Å². The van der Waals surface area contributed by atoms with E-state index in [-0.39, 0.29) is 13.0 Å². The number of aliphatic carboxylic acids is 1. The number of carbonyl (C=O) groups is 2. The second kappa shape index (κ2) is 29.9. The fraction of sp³-hybridized carbons (Fsp3) is 0.944. The molecule has 0 saturated carbocycles. The Kier molecular flexibility index (Phi) is 29.1. The van der Waals surface area contributed by atoms with Crippen LogP contribution in [-0.2, 0) is 14.3 Å². The molecular formula is C36H70O6. The Morgan fingerprint density at radius 2 is 0.810 bits per heavy atom. The van der Waals surface area contributed by atoms with Gasteiger partial charge in [-0.3, -0.25) is 0 Å². The third-order valence-corrected chi connectivity index (χ3v) is 8.68. The number of carbonyl (C=O) groups excluding carboxylic acids is 1. The smallest absolute Gasteiger partial charge is 0.341 e. The maximum Gasteiger partial charge on any atom is 0.341 e. The van der Waals surface area contributed by atoms with E-state index in [1.807, 2.05) is 0 Å². The van der Waals surface area contributed by atoms with Gasteiger partial charge in [0.05, 0.1) is 6.61 Å². The minimum atomic E-state index is -2.39. The number of rotatable bonds is 33. The van der Waals surface area contributed by atoms with E-state index in [1.165, 1.54) is 135 Å². The van der Waals surface area contributed by atoms with E-state index in [1.54, 1.807) is 0 Å². The van der Waals surface area contributed by atoms with Crippen LogP contribution in [0.2, 0.25) is 0 Å². The van der Waals surface area contributed by atoms with Crippen molar-refractivity contribution >= 4 is 11.9 Å². The molecule has 6 nitrogen and oxygen atoms in total. The number of ether oxygens (including phenoxy) is 1. The van der Waals surface area contributed by atoms with Crippen molar-refractivity contribution in [1.82, 2.24) is 0 Å². The molecule has 6 heteroatoms. The van der Waals surface area contributed by atoms with Crippen LogP contribution in [0.4, 0.5) is 0 Å². The maximum atomic E-state index is 12.6. The van der Waals surface area contributed by atoms with Crippen molar-refractivity contribution in [3.63, 3.8) is 0 Å². The average molecular weight is 599 g/mol. The topological polar surface area (TPSA) is 104 Å². The number of esters is 1. The van der Waals surface area contributed by atoms with E-state index in [2.05, 4.69) is 13.8 Å². The Morgan fingerprint density at radius 1 is 0.524 bits per heavy atom. The van der Waals surface area contributed by atoms with Crippen LogP contribution in [0, 0.1) is 0 Å². The van der Waals surface area contributed by atoms with E-state index in [4.69, 9.17) is 4.74 Å². The highest BCUT2D eigenvalue weighted by Crippen LogP contribution is 2.23. The lowest BCUT2D eigenvalue weighted by Gasteiger charge is -2.28. The molecule has 0 aliphatic rings. The summed E-state index contributed by atoms with van der Waals surface area (Å²) in [6.07, 6.45) is 31.3. The van der Waals surface area contributed by atoms with E-state index in [9.17, 15) is 24.9 Å². The Bertz CT molecular complexity index is 610. The van der Waals surface area contributed by atoms with Crippen molar-refractivity contribution in [3.8, 4) is 0 Å². The molecule has 0 aliphatic carbocycles. The fourth-order valence-corrected chi connectivity index (χ4v) is 5.73. The number of hydrogen-bond acceptors (Lipinski definition) is 5. The van der Waals surface area contributed by atoms with Crippen molar-refractivity contribution in [2.75, 3.05) is 6.61 Å². The van der Waals surface area contributed by atoms with Crippen LogP contribution in [0.5, 0.6) is 0 Å². The highest BCUT2D eigenvalue weighted by Gasteiger charge is 2.48. The molecule has 0 fully saturated rings. The second-order valence-electron chi connectivity index (χ2n) is 12.7. The Hall–Kier alpha value is -1.14. The predicted molar refractivity (Wildman–Crippen MR) is 175 cm³/mol. The van der Waals surface area contributed by atoms with Crippen molar-refractivity contribution in [2.24, 2.45) is 0 Å². The minimum absolute atomic E-state index is 0.101. The first-order valence-corrected chi connectivity index (χ1v) is 18.2. The monoisotopic (exact) mass is 599 g/mol. The molecule has 0 rings (SSSR count). The highest BCUT2D eigenvalue weighted by atomic mass is 16.6. The molecule has 2 atom stereocenters. The first-order valence-electron chi connectivity index (χ1n) is 18.2. The van der Waals surface area contributed by atoms with Crippen LogP contribution in [0.3, 0.4) is 0 Å². The predicted octanol–water partition coefficient (Wildman–Crippen LogP) is 10.1. The normalized spacial score (nSPS) is 13.6. The van der Waals surface area contributed by atoms with Crippen LogP contribution >= 0.6 is 0 Å². The standard InChI is InChI=1S/C36H70O6/c1-3-5-7-9-11-13-15-17-19-21-23-25-27-29-31-36(41,33(37)34(38)39)35(40)42-32-30-28-26-24-22-20-18-16-14-12-10-8-6-4-2/h33,37,41H,3-32H2,1-2H3,(H,38,39). The molecule has 0 bridgehead atoms. The lowest BCUT2D eigenvalue weighted by Crippen LogP contribution is -2.54. The Labute approximate surface area is 259 Å². The van der Waals surface area contributed by atoms with Gasteiger partial charge in [0.15, 0.2) is 11.7 Å². The molecule has 2 unspecified atom stereocenters. The van der Waals surface area contributed by atoms with Gasteiger partial charge in [-0.2, -0.15) is 0 Å². The molecule has 0 aromatic heterocycles. The molecule has 0 aliphatic heterocycles. The number of aliphatic hydroxyl groups is 2. The number of unbranched alkanes of at least 4 members (excludes halogenated alkanes) is 26. The summed E-state index contributed by atoms with van der Waals surface area (Å²) in [5.41, 5.74) is -2.39. The molecule has 0 aromatic rings. The van der Waals surface area contributed by atoms with E-state index >= 15 is 0 Å². The van der Waals surface area contributed by atoms with Crippen LogP contribution in [0.15, 0.2) is 0 Å². The van der Waals surface area contributed by atoms with E-state index in [0.717, 1.165) is 32.1 Å². The van der Waals surface area contributed by atoms with Gasteiger partial charge in [-0.05, 0) is 19.3 Å². The highest BCUT2D eigenvalue weighted by molar-refractivity contribution is 5.88. The van der Waals surface area contributed by atoms with Crippen LogP contribution in [0.25, 0.3) is 0 Å². The molecule has 0 aromatic carbocycles. The minimum Gasteiger partial charge on any atom is -0.479 e. The SMILES string of the molecule is CCCCCCCCCCCCCCCCOC(=O)C(O)(CCCCCCCCCCCCCCCC)C(O)C(=O)O. The summed E-state index contributed by atoms with van der Waals surface area (Å²) in [6.45, 7) is 4.64. The van der Waals surface area contributed by atoms with Gasteiger partial charge in [0.2, 0.25) is 0 Å². The zero-order valence-electron chi connectivity index (χ0n) is 27.9. The summed E-state index contributed by atoms with van der Waals surface area (Å²) >= 11 is 0. The largest absolute Gasteiger partial charge is 0.479 e. The second-order valence-corrected chi connectivity index (χ2v) is 12.7. The van der Waals surface area contributed by atoms with Gasteiger partial charge in [-0.1, -0.05) is 181 Å². The number of carboxylic acid groups (broad SMARTS) is 1. The number of aliphatic hydroxyl groups excluding tert-OH is 1. The quantitative estimate of drug-likeness (QED) is 0.0513. The summed E-state index contributed by atoms with van der Waals surface area (Å²) in [7, 11) is 0. The maximum absolute atomic E-state index is 12.6. The van der Waals surface area contributed by atoms with Crippen molar-refractivity contribution in [3.05, 3.63) is 0 Å². The lowest BCUT2D eigenvalue weighted by molar-refractivity contribution is -0.189. The van der Waals surface area contributed by atoms with E-state index in [0.29, 0.717) is 12.8 Å². The van der Waals surface area contributed by atoms with Crippen molar-refractivity contribution < 1.29 is 29.6 Å². The average Bonchev–Trinajstić information content (AvgIpc) is 2.98. The van der Waals surface area contributed by atoms with Gasteiger partial charge >= 0.3 is 11.9 Å². The first kappa shape index (κ1) is 40.9. The van der Waals surface area contributed by atoms with E-state index < -0.39 is 23.6 Å². The Morgan fingerprint density at radius 3 is 1.12 bits per heavy atom. The molecule has 0 heterocycles. The molecule has 0 spiro atoms. The molecule has 3 N–H and O–H groups in total. The summed E-state index contributed by atoms with van der Waals surface area (Å²) in [5.74, 6) is -2.61. The molecule has 42 heavy (non-hydrogen) atoms. The van der Waals surface area contributed by atoms with Gasteiger partial charge < -0.3 is 20.1 Å². The Balaban J connectivity index is 3.92. The molecule has 250 valence electrons. The number of carboxylic acids is 1. The fourth-order valence-electron chi connectivity index (χ4n) is 5.73. The van der Waals surface area contributed by atoms with Crippen LogP contribution < -0.4 is 0 Å². The summed E-state index contributed by atoms with van der Waals surface area (Å²) in [5, 5.41) is 30.2. The summed E-state index contributed by atoms with van der Waals surface area (Å²) < 4.78 is 5.24.